The van der Waals surface area contributed by atoms with Gasteiger partial charge >= 0.3 is 0 Å². The minimum absolute atomic E-state index is 0.745. The summed E-state index contributed by atoms with van der Waals surface area (Å²) >= 11 is 0. The fourth-order valence-electron chi connectivity index (χ4n) is 4.69. The molecule has 0 radical (unpaired) electrons. The summed E-state index contributed by atoms with van der Waals surface area (Å²) in [5.41, 5.74) is 2.19. The number of aliphatic hydroxyl groups is 1. The monoisotopic (exact) mass is 376 g/mol. The molecule has 28 heavy (non-hydrogen) atoms. The lowest BCUT2D eigenvalue weighted by molar-refractivity contribution is 0.125. The lowest BCUT2D eigenvalue weighted by Crippen LogP contribution is -2.42. The molecule has 2 aromatic carbocycles. The predicted molar refractivity (Wildman–Crippen MR) is 117 cm³/mol. The van der Waals surface area contributed by atoms with Crippen molar-refractivity contribution in [2.45, 2.75) is 51.0 Å². The molecule has 0 amide bonds. The van der Waals surface area contributed by atoms with Gasteiger partial charge in [-0.2, -0.15) is 5.26 Å². The van der Waals surface area contributed by atoms with Gasteiger partial charge in [-0.05, 0) is 73.0 Å². The summed E-state index contributed by atoms with van der Waals surface area (Å²) < 4.78 is 0. The second kappa shape index (κ2) is 11.5. The number of terminal acetylenes is 1. The number of benzene rings is 2. The van der Waals surface area contributed by atoms with Gasteiger partial charge in [0.15, 0.2) is 0 Å². The Morgan fingerprint density at radius 1 is 1.00 bits per heavy atom. The highest BCUT2D eigenvalue weighted by Gasteiger charge is 2.27. The van der Waals surface area contributed by atoms with E-state index < -0.39 is 0 Å². The molecule has 0 aromatic heterocycles. The highest BCUT2D eigenvalue weighted by Crippen LogP contribution is 2.29. The van der Waals surface area contributed by atoms with Crippen molar-refractivity contribution in [3.8, 4) is 18.9 Å². The molecule has 2 aromatic rings. The Bertz CT molecular complexity index is 799. The lowest BCUT2D eigenvalue weighted by Gasteiger charge is -2.37. The molecular weight excluding hydrogens is 344 g/mol. The third-order valence-corrected chi connectivity index (χ3v) is 5.95. The van der Waals surface area contributed by atoms with Gasteiger partial charge in [-0.3, -0.25) is 0 Å². The van der Waals surface area contributed by atoms with Gasteiger partial charge in [0.2, 0.25) is 0 Å². The Labute approximate surface area is 170 Å². The molecule has 4 rings (SSSR count). The van der Waals surface area contributed by atoms with E-state index in [9.17, 15) is 0 Å². The molecular formula is C25H32N2O. The topological polar surface area (TPSA) is 47.3 Å². The third kappa shape index (κ3) is 5.59. The summed E-state index contributed by atoms with van der Waals surface area (Å²) in [6, 6.07) is 15.9. The minimum atomic E-state index is 0.745. The van der Waals surface area contributed by atoms with Gasteiger partial charge in [-0.15, -0.1) is 12.8 Å². The molecule has 1 atom stereocenters. The van der Waals surface area contributed by atoms with Gasteiger partial charge in [0.1, 0.15) is 0 Å². The summed E-state index contributed by atoms with van der Waals surface area (Å²) in [5, 5.41) is 18.5. The van der Waals surface area contributed by atoms with Crippen molar-refractivity contribution in [1.82, 2.24) is 4.90 Å². The van der Waals surface area contributed by atoms with E-state index in [0.717, 1.165) is 24.6 Å². The van der Waals surface area contributed by atoms with Crippen molar-refractivity contribution >= 4 is 10.8 Å². The van der Waals surface area contributed by atoms with Crippen molar-refractivity contribution < 1.29 is 5.11 Å². The van der Waals surface area contributed by atoms with E-state index in [0.29, 0.717) is 0 Å². The van der Waals surface area contributed by atoms with Crippen LogP contribution in [-0.4, -0.2) is 36.2 Å². The molecule has 1 aliphatic carbocycles. The average molecular weight is 377 g/mol. The first-order chi connectivity index (χ1) is 13.8. The van der Waals surface area contributed by atoms with Crippen LogP contribution in [0.3, 0.4) is 0 Å². The van der Waals surface area contributed by atoms with E-state index in [1.807, 2.05) is 12.1 Å². The van der Waals surface area contributed by atoms with E-state index in [-0.39, 0.29) is 0 Å². The van der Waals surface area contributed by atoms with E-state index in [4.69, 9.17) is 10.4 Å². The molecule has 0 spiro atoms. The summed E-state index contributed by atoms with van der Waals surface area (Å²) in [6.45, 7) is 2.60. The molecule has 1 N–H and O–H groups in total. The van der Waals surface area contributed by atoms with Crippen molar-refractivity contribution in [3.63, 3.8) is 0 Å². The molecule has 0 unspecified atom stereocenters. The van der Waals surface area contributed by atoms with Crippen LogP contribution in [0.2, 0.25) is 0 Å². The van der Waals surface area contributed by atoms with Crippen LogP contribution in [0, 0.1) is 30.1 Å². The zero-order valence-corrected chi connectivity index (χ0v) is 17.0. The largest absolute Gasteiger partial charge is 0.400 e. The zero-order chi connectivity index (χ0) is 20.4. The summed E-state index contributed by atoms with van der Waals surface area (Å²) in [5.74, 6) is 0.801. The first kappa shape index (κ1) is 22.0. The fourth-order valence-corrected chi connectivity index (χ4v) is 4.69. The molecule has 0 bridgehead atoms. The van der Waals surface area contributed by atoms with E-state index in [1.54, 1.807) is 0 Å². The molecule has 3 heteroatoms. The second-order valence-electron chi connectivity index (χ2n) is 7.65. The Balaban J connectivity index is 0.000000660. The molecule has 2 aliphatic rings. The first-order valence-electron chi connectivity index (χ1n) is 10.3. The minimum Gasteiger partial charge on any atom is -0.400 e. The van der Waals surface area contributed by atoms with Crippen LogP contribution in [-0.2, 0) is 6.42 Å². The Kier molecular flexibility index (Phi) is 9.02. The SMILES string of the molecule is C#C.CO.N#Cc1ccc2cc(C[C@H]3CCCN(C4CCCC4)C3)ccc2c1. The number of aliphatic hydroxyl groups excluding tert-OH is 1. The molecule has 1 aliphatic heterocycles. The number of nitrogens with zero attached hydrogens (tertiary/aromatic N) is 2. The molecule has 1 saturated carbocycles. The van der Waals surface area contributed by atoms with E-state index in [2.05, 4.69) is 48.1 Å². The van der Waals surface area contributed by atoms with Crippen LogP contribution >= 0.6 is 0 Å². The van der Waals surface area contributed by atoms with Gasteiger partial charge < -0.3 is 10.0 Å². The van der Waals surface area contributed by atoms with E-state index >= 15 is 0 Å². The number of piperidine rings is 1. The molecule has 1 heterocycles. The average Bonchev–Trinajstić information content (AvgIpc) is 3.31. The number of likely N-dealkylation sites (tertiary alicyclic amines) is 1. The molecule has 2 fully saturated rings. The number of hydrogen-bond acceptors (Lipinski definition) is 3. The van der Waals surface area contributed by atoms with Crippen molar-refractivity contribution in [1.29, 1.82) is 5.26 Å². The standard InChI is InChI=1S/C22H26N2.C2H2.CH4O/c23-15-18-8-10-20-13-17(7-9-21(20)14-18)12-19-4-3-11-24(16-19)22-5-1-2-6-22;2*1-2/h7-10,13-14,19,22H,1-6,11-12,16H2;1-2H;2H,1H3/t19-;;/m1../s1. The highest BCUT2D eigenvalue weighted by atomic mass is 16.2. The van der Waals surface area contributed by atoms with Crippen LogP contribution in [0.25, 0.3) is 10.8 Å². The molecule has 1 saturated heterocycles. The quantitative estimate of drug-likeness (QED) is 0.785. The fraction of sp³-hybridized carbons (Fsp3) is 0.480. The Hall–Kier alpha value is -2.33. The van der Waals surface area contributed by atoms with Crippen LogP contribution in [0.4, 0.5) is 0 Å². The van der Waals surface area contributed by atoms with Crippen LogP contribution < -0.4 is 0 Å². The third-order valence-electron chi connectivity index (χ3n) is 5.95. The summed E-state index contributed by atoms with van der Waals surface area (Å²) in [6.07, 6.45) is 17.6. The number of nitriles is 1. The summed E-state index contributed by atoms with van der Waals surface area (Å²) in [7, 11) is 1.00. The number of rotatable bonds is 3. The second-order valence-corrected chi connectivity index (χ2v) is 7.65. The maximum Gasteiger partial charge on any atom is 0.0991 e. The Morgan fingerprint density at radius 2 is 1.68 bits per heavy atom. The van der Waals surface area contributed by atoms with Crippen molar-refractivity contribution in [3.05, 3.63) is 47.5 Å². The first-order valence-corrected chi connectivity index (χ1v) is 10.3. The van der Waals surface area contributed by atoms with E-state index in [1.165, 1.54) is 74.4 Å². The number of fused-ring (bicyclic) bond motifs is 1. The van der Waals surface area contributed by atoms with Crippen molar-refractivity contribution in [2.24, 2.45) is 5.92 Å². The van der Waals surface area contributed by atoms with Gasteiger partial charge in [0.05, 0.1) is 11.6 Å². The maximum atomic E-state index is 9.03. The smallest absolute Gasteiger partial charge is 0.0991 e. The van der Waals surface area contributed by atoms with Gasteiger partial charge in [0, 0.05) is 19.7 Å². The van der Waals surface area contributed by atoms with Gasteiger partial charge in [-0.1, -0.05) is 37.1 Å². The van der Waals surface area contributed by atoms with Crippen LogP contribution in [0.15, 0.2) is 36.4 Å². The lowest BCUT2D eigenvalue weighted by atomic mass is 9.89. The number of hydrogen-bond donors (Lipinski definition) is 1. The predicted octanol–water partition coefficient (Wildman–Crippen LogP) is 4.77. The van der Waals surface area contributed by atoms with Crippen molar-refractivity contribution in [2.75, 3.05) is 20.2 Å². The van der Waals surface area contributed by atoms with Crippen LogP contribution in [0.5, 0.6) is 0 Å². The Morgan fingerprint density at radius 3 is 2.39 bits per heavy atom. The molecule has 3 nitrogen and oxygen atoms in total. The normalized spacial score (nSPS) is 19.8. The zero-order valence-electron chi connectivity index (χ0n) is 17.0. The highest BCUT2D eigenvalue weighted by molar-refractivity contribution is 5.84. The van der Waals surface area contributed by atoms with Crippen LogP contribution in [0.1, 0.15) is 49.7 Å². The molecule has 148 valence electrons. The maximum absolute atomic E-state index is 9.03. The van der Waals surface area contributed by atoms with Gasteiger partial charge in [0.25, 0.3) is 0 Å². The van der Waals surface area contributed by atoms with Gasteiger partial charge in [-0.25, -0.2) is 0 Å². The summed E-state index contributed by atoms with van der Waals surface area (Å²) in [4.78, 5) is 2.78.